The van der Waals surface area contributed by atoms with Gasteiger partial charge in [-0.2, -0.15) is 0 Å². The van der Waals surface area contributed by atoms with Crippen molar-refractivity contribution in [1.82, 2.24) is 0 Å². The highest BCUT2D eigenvalue weighted by Gasteiger charge is 2.53. The minimum absolute atomic E-state index is 0. The van der Waals surface area contributed by atoms with Crippen LogP contribution < -0.4 is 21.7 Å². The van der Waals surface area contributed by atoms with Gasteiger partial charge in [0.15, 0.2) is 11.7 Å². The van der Waals surface area contributed by atoms with Crippen LogP contribution in [0.2, 0.25) is 0 Å². The lowest BCUT2D eigenvalue weighted by Gasteiger charge is -2.52. The molecule has 3 saturated heterocycles. The largest absolute Gasteiger partial charge is 1.00 e. The number of ether oxygens (including phenoxy) is 2. The second-order valence-electron chi connectivity index (χ2n) is 10.2. The second-order valence-corrected chi connectivity index (χ2v) is 11.2. The molecule has 186 valence electrons. The number of aliphatic hydroxyl groups is 1. The molecule has 1 aromatic carbocycles. The van der Waals surface area contributed by atoms with Gasteiger partial charge in [0, 0.05) is 36.0 Å². The van der Waals surface area contributed by atoms with E-state index in [1.807, 2.05) is 47.8 Å². The minimum atomic E-state index is -1.49. The number of carbonyl (C=O) groups is 1. The van der Waals surface area contributed by atoms with Gasteiger partial charge in [-0.3, -0.25) is 0 Å². The number of quaternary nitrogens is 1. The van der Waals surface area contributed by atoms with Gasteiger partial charge in [-0.15, -0.1) is 11.3 Å². The summed E-state index contributed by atoms with van der Waals surface area (Å²) in [7, 11) is 0. The average molecular weight is 551 g/mol. The van der Waals surface area contributed by atoms with Crippen molar-refractivity contribution < 1.29 is 40.8 Å². The van der Waals surface area contributed by atoms with Crippen LogP contribution in [0.5, 0.6) is 5.75 Å². The van der Waals surface area contributed by atoms with Crippen LogP contribution in [0, 0.1) is 11.8 Å². The Balaban J connectivity index is 0.00000274. The summed E-state index contributed by atoms with van der Waals surface area (Å²) in [6.45, 7) is 4.93. The van der Waals surface area contributed by atoms with Crippen LogP contribution in [-0.4, -0.2) is 54.4 Å². The van der Waals surface area contributed by atoms with Gasteiger partial charge in [0.1, 0.15) is 12.3 Å². The Morgan fingerprint density at radius 2 is 1.79 bits per heavy atom. The summed E-state index contributed by atoms with van der Waals surface area (Å²) in [5, 5.41) is 13.6. The Hall–Kier alpha value is -1.41. The molecule has 0 amide bonds. The van der Waals surface area contributed by atoms with Gasteiger partial charge < -0.3 is 36.0 Å². The van der Waals surface area contributed by atoms with Crippen molar-refractivity contribution in [2.24, 2.45) is 11.8 Å². The normalized spacial score (nSPS) is 28.1. The van der Waals surface area contributed by atoms with Gasteiger partial charge in [0.25, 0.3) is 0 Å². The Morgan fingerprint density at radius 3 is 2.47 bits per heavy atom. The fourth-order valence-electron chi connectivity index (χ4n) is 6.31. The summed E-state index contributed by atoms with van der Waals surface area (Å²) in [6, 6.07) is 13.8. The zero-order chi connectivity index (χ0) is 22.7. The Kier molecular flexibility index (Phi) is 8.39. The highest BCUT2D eigenvalue weighted by molar-refractivity contribution is 7.10. The number of carbonyl (C=O) groups excluding carboxylic acids is 1. The second kappa shape index (κ2) is 11.1. The van der Waals surface area contributed by atoms with Crippen molar-refractivity contribution >= 4 is 17.3 Å². The summed E-state index contributed by atoms with van der Waals surface area (Å²) in [6.07, 6.45) is 7.00. The predicted molar refractivity (Wildman–Crippen MR) is 129 cm³/mol. The minimum Gasteiger partial charge on any atom is -1.00 e. The number of nitrogens with zero attached hydrogens (tertiary/aromatic N) is 1. The number of rotatable bonds is 9. The van der Waals surface area contributed by atoms with Gasteiger partial charge in [-0.1, -0.05) is 37.1 Å². The summed E-state index contributed by atoms with van der Waals surface area (Å²) in [5.41, 5.74) is -1.49. The third kappa shape index (κ3) is 5.23. The maximum Gasteiger partial charge on any atom is 0.344 e. The molecule has 0 radical (unpaired) electrons. The highest BCUT2D eigenvalue weighted by Crippen LogP contribution is 2.44. The van der Waals surface area contributed by atoms with Crippen molar-refractivity contribution in [2.45, 2.75) is 56.7 Å². The van der Waals surface area contributed by atoms with E-state index in [0.29, 0.717) is 12.5 Å². The molecular weight excluding hydrogens is 514 g/mol. The van der Waals surface area contributed by atoms with Gasteiger partial charge in [0.05, 0.1) is 26.2 Å². The zero-order valence-electron chi connectivity index (χ0n) is 19.7. The van der Waals surface area contributed by atoms with Crippen molar-refractivity contribution in [3.63, 3.8) is 0 Å². The number of halogens is 1. The van der Waals surface area contributed by atoms with Crippen molar-refractivity contribution in [3.8, 4) is 5.75 Å². The number of para-hydroxylation sites is 1. The predicted octanol–water partition coefficient (Wildman–Crippen LogP) is 1.75. The standard InChI is InChI=1S/C27H36NO4S.BrH/c29-26(27(30,22-8-4-5-9-22)25-12-6-19-33-25)32-24-20-28(16-13-21(24)14-17-28)15-7-18-31-23-10-2-1-3-11-23;/h1-3,6,10-12,19,21-22,24,30H,4-5,7-9,13-18,20H2;1H/q+1;/p-1/t21?,24-,27-,28?;/m0./s1. The molecule has 5 nitrogen and oxygen atoms in total. The molecule has 2 aromatic rings. The Labute approximate surface area is 217 Å². The molecule has 4 heterocycles. The van der Waals surface area contributed by atoms with Crippen LogP contribution >= 0.6 is 11.3 Å². The fourth-order valence-corrected chi connectivity index (χ4v) is 7.20. The molecule has 4 fully saturated rings. The number of hydrogen-bond acceptors (Lipinski definition) is 5. The molecule has 2 bridgehead atoms. The smallest absolute Gasteiger partial charge is 0.344 e. The van der Waals surface area contributed by atoms with E-state index in [9.17, 15) is 9.90 Å². The quantitative estimate of drug-likeness (QED) is 0.294. The molecule has 7 heteroatoms. The first-order valence-corrected chi connectivity index (χ1v) is 13.5. The van der Waals surface area contributed by atoms with E-state index in [4.69, 9.17) is 9.47 Å². The molecule has 4 aliphatic rings. The molecule has 3 aliphatic heterocycles. The monoisotopic (exact) mass is 549 g/mol. The van der Waals surface area contributed by atoms with Crippen LogP contribution in [0.4, 0.5) is 0 Å². The van der Waals surface area contributed by atoms with E-state index in [0.717, 1.165) is 86.2 Å². The third-order valence-electron chi connectivity index (χ3n) is 8.24. The molecule has 34 heavy (non-hydrogen) atoms. The molecule has 6 rings (SSSR count). The van der Waals surface area contributed by atoms with E-state index in [2.05, 4.69) is 0 Å². The van der Waals surface area contributed by atoms with Crippen LogP contribution in [0.1, 0.15) is 49.8 Å². The maximum atomic E-state index is 13.5. The topological polar surface area (TPSA) is 55.8 Å². The van der Waals surface area contributed by atoms with E-state index in [1.54, 1.807) is 0 Å². The van der Waals surface area contributed by atoms with Gasteiger partial charge in [-0.05, 0) is 36.4 Å². The summed E-state index contributed by atoms with van der Waals surface area (Å²) < 4.78 is 13.1. The Morgan fingerprint density at radius 1 is 1.06 bits per heavy atom. The highest BCUT2D eigenvalue weighted by atomic mass is 79.9. The first-order valence-electron chi connectivity index (χ1n) is 12.6. The number of hydrogen-bond donors (Lipinski definition) is 1. The van der Waals surface area contributed by atoms with Gasteiger partial charge in [0.2, 0.25) is 0 Å². The van der Waals surface area contributed by atoms with E-state index in [1.165, 1.54) is 11.3 Å². The molecule has 0 unspecified atom stereocenters. The number of benzene rings is 1. The fraction of sp³-hybridized carbons (Fsp3) is 0.593. The number of thiophene rings is 1. The molecular formula is C27H36BrNO4S. The first kappa shape index (κ1) is 25.7. The lowest BCUT2D eigenvalue weighted by molar-refractivity contribution is -0.946. The number of fused-ring (bicyclic) bond motifs is 3. The van der Waals surface area contributed by atoms with E-state index in [-0.39, 0.29) is 29.0 Å². The Bertz CT molecular complexity index is 910. The summed E-state index contributed by atoms with van der Waals surface area (Å²) in [5.74, 6) is 0.885. The summed E-state index contributed by atoms with van der Waals surface area (Å²) >= 11 is 1.46. The van der Waals surface area contributed by atoms with Crippen molar-refractivity contribution in [1.29, 1.82) is 0 Å². The first-order chi connectivity index (χ1) is 16.1. The summed E-state index contributed by atoms with van der Waals surface area (Å²) in [4.78, 5) is 14.3. The van der Waals surface area contributed by atoms with E-state index < -0.39 is 11.6 Å². The average Bonchev–Trinajstić information content (AvgIpc) is 3.58. The van der Waals surface area contributed by atoms with Crippen molar-refractivity contribution in [3.05, 3.63) is 52.7 Å². The van der Waals surface area contributed by atoms with Crippen LogP contribution in [0.25, 0.3) is 0 Å². The van der Waals surface area contributed by atoms with Crippen LogP contribution in [-0.2, 0) is 15.1 Å². The maximum absolute atomic E-state index is 13.5. The SMILES string of the molecule is O=C(O[C@H]1C[N+]2(CCCOc3ccccc3)CCC1CC2)[C@@](O)(c1cccs1)C1CCCC1.[Br-]. The lowest BCUT2D eigenvalue weighted by Crippen LogP contribution is -3.00. The van der Waals surface area contributed by atoms with Crippen molar-refractivity contribution in [2.75, 3.05) is 32.8 Å². The molecule has 1 N–H and O–H groups in total. The molecule has 0 spiro atoms. The van der Waals surface area contributed by atoms with Gasteiger partial charge >= 0.3 is 5.97 Å². The molecule has 2 atom stereocenters. The zero-order valence-corrected chi connectivity index (χ0v) is 22.1. The van der Waals surface area contributed by atoms with E-state index >= 15 is 0 Å². The van der Waals surface area contributed by atoms with Crippen LogP contribution in [0.15, 0.2) is 47.8 Å². The molecule has 1 aromatic heterocycles. The van der Waals surface area contributed by atoms with Crippen LogP contribution in [0.3, 0.4) is 0 Å². The lowest BCUT2D eigenvalue weighted by atomic mass is 9.82. The van der Waals surface area contributed by atoms with Gasteiger partial charge in [-0.25, -0.2) is 4.79 Å². The third-order valence-corrected chi connectivity index (χ3v) is 9.24. The number of piperidine rings is 3. The molecule has 1 saturated carbocycles. The molecule has 1 aliphatic carbocycles. The number of esters is 1.